The molecule has 1 fully saturated rings. The summed E-state index contributed by atoms with van der Waals surface area (Å²) in [6.07, 6.45) is 0.969. The first-order valence-electron chi connectivity index (χ1n) is 9.37. The first-order valence-corrected chi connectivity index (χ1v) is 9.75. The maximum absolute atomic E-state index is 12.6. The van der Waals surface area contributed by atoms with Gasteiger partial charge in [-0.05, 0) is 31.9 Å². The molecular weight excluding hydrogens is 398 g/mol. The zero-order chi connectivity index (χ0) is 21.1. The number of rotatable bonds is 6. The lowest BCUT2D eigenvalue weighted by Gasteiger charge is -2.38. The number of H-pyrrole nitrogens is 1. The molecule has 156 valence electrons. The number of aryl methyl sites for hydroxylation is 2. The Morgan fingerprint density at radius 2 is 2.17 bits per heavy atom. The summed E-state index contributed by atoms with van der Waals surface area (Å²) in [4.78, 5) is 37.3. The van der Waals surface area contributed by atoms with Gasteiger partial charge in [-0.25, -0.2) is 14.8 Å². The predicted molar refractivity (Wildman–Crippen MR) is 108 cm³/mol. The van der Waals surface area contributed by atoms with Crippen LogP contribution >= 0.6 is 11.6 Å². The third kappa shape index (κ3) is 4.68. The van der Waals surface area contributed by atoms with Gasteiger partial charge in [0.2, 0.25) is 0 Å². The van der Waals surface area contributed by atoms with Crippen LogP contribution in [0.5, 0.6) is 0 Å². The highest BCUT2D eigenvalue weighted by Gasteiger charge is 2.32. The van der Waals surface area contributed by atoms with Crippen LogP contribution in [0.1, 0.15) is 45.7 Å². The van der Waals surface area contributed by atoms with Crippen LogP contribution in [-0.2, 0) is 11.2 Å². The fourth-order valence-corrected chi connectivity index (χ4v) is 3.70. The number of aromatic nitrogens is 3. The Hall–Kier alpha value is -2.65. The van der Waals surface area contributed by atoms with Crippen molar-refractivity contribution in [3.63, 3.8) is 0 Å². The van der Waals surface area contributed by atoms with Gasteiger partial charge in [-0.3, -0.25) is 4.79 Å². The average molecular weight is 422 g/mol. The number of nitrogens with one attached hydrogen (secondary N) is 2. The van der Waals surface area contributed by atoms with Gasteiger partial charge >= 0.3 is 5.97 Å². The number of nitrogens with zero attached hydrogens (tertiary/aromatic N) is 3. The van der Waals surface area contributed by atoms with Gasteiger partial charge in [-0.2, -0.15) is 0 Å². The number of hydrogen-bond donors (Lipinski definition) is 3. The fraction of sp³-hybridized carbons (Fsp3) is 0.474. The van der Waals surface area contributed by atoms with Crippen LogP contribution < -0.4 is 10.2 Å². The van der Waals surface area contributed by atoms with Crippen LogP contribution in [0.2, 0.25) is 5.15 Å². The molecule has 3 rings (SSSR count). The number of piperidine rings is 1. The van der Waals surface area contributed by atoms with Crippen molar-refractivity contribution in [2.24, 2.45) is 0 Å². The number of carbonyl (C=O) groups is 2. The van der Waals surface area contributed by atoms with Crippen molar-refractivity contribution in [1.82, 2.24) is 20.3 Å². The lowest BCUT2D eigenvalue weighted by molar-refractivity contribution is 0.0536. The Labute approximate surface area is 173 Å². The highest BCUT2D eigenvalue weighted by molar-refractivity contribution is 6.30. The van der Waals surface area contributed by atoms with Crippen molar-refractivity contribution in [3.8, 4) is 0 Å². The monoisotopic (exact) mass is 421 g/mol. The van der Waals surface area contributed by atoms with Gasteiger partial charge < -0.3 is 25.0 Å². The minimum absolute atomic E-state index is 0.176. The molecule has 1 saturated heterocycles. The molecule has 2 aromatic rings. The Kier molecular flexibility index (Phi) is 6.39. The number of ether oxygens (including phenoxy) is 1. The lowest BCUT2D eigenvalue weighted by Crippen LogP contribution is -2.55. The number of carboxylic acid groups (broad SMARTS) is 1. The van der Waals surface area contributed by atoms with E-state index in [1.807, 2.05) is 11.8 Å². The van der Waals surface area contributed by atoms with E-state index in [4.69, 9.17) is 16.3 Å². The van der Waals surface area contributed by atoms with E-state index in [0.717, 1.165) is 5.69 Å². The molecule has 1 amide bonds. The van der Waals surface area contributed by atoms with Crippen molar-refractivity contribution in [2.45, 2.75) is 38.8 Å². The summed E-state index contributed by atoms with van der Waals surface area (Å²) in [6, 6.07) is 2.87. The molecule has 3 heterocycles. The first kappa shape index (κ1) is 21.1. The zero-order valence-corrected chi connectivity index (χ0v) is 17.3. The highest BCUT2D eigenvalue weighted by atomic mass is 35.5. The fourth-order valence-electron chi connectivity index (χ4n) is 3.43. The molecule has 2 aromatic heterocycles. The topological polar surface area (TPSA) is 120 Å². The molecule has 0 radical (unpaired) electrons. The van der Waals surface area contributed by atoms with Crippen LogP contribution in [-0.4, -0.2) is 64.3 Å². The molecule has 0 spiro atoms. The summed E-state index contributed by atoms with van der Waals surface area (Å²) in [5, 5.41) is 12.5. The van der Waals surface area contributed by atoms with Crippen LogP contribution in [0.15, 0.2) is 12.1 Å². The molecule has 3 N–H and O–H groups in total. The second kappa shape index (κ2) is 8.79. The first-order chi connectivity index (χ1) is 13.8. The SMILES string of the molecule is CCc1[nH]c(C(=O)N[C@H]2CCN(c3cc(C(=O)O)cc(C)n3)C[C@H]2OC)nc1Cl. The number of hydrogen-bond acceptors (Lipinski definition) is 6. The van der Waals surface area contributed by atoms with E-state index in [1.165, 1.54) is 6.07 Å². The van der Waals surface area contributed by atoms with Gasteiger partial charge in [0.1, 0.15) is 5.82 Å². The molecule has 1 aliphatic rings. The molecular formula is C19H24ClN5O4. The second-order valence-corrected chi connectivity index (χ2v) is 7.32. The normalized spacial score (nSPS) is 19.2. The number of carboxylic acids is 1. The minimum Gasteiger partial charge on any atom is -0.478 e. The molecule has 29 heavy (non-hydrogen) atoms. The maximum atomic E-state index is 12.6. The molecule has 0 saturated carbocycles. The largest absolute Gasteiger partial charge is 0.478 e. The Bertz CT molecular complexity index is 916. The number of methoxy groups -OCH3 is 1. The standard InChI is InChI=1S/C19H24ClN5O4/c1-4-12-16(20)24-17(22-12)18(26)23-13-5-6-25(9-14(13)29-3)15-8-11(19(27)28)7-10(2)21-15/h7-8,13-14H,4-6,9H2,1-3H3,(H,22,24)(H,23,26)(H,27,28)/t13-,14+/m0/s1. The van der Waals surface area contributed by atoms with Crippen LogP contribution in [0.25, 0.3) is 0 Å². The number of aromatic carboxylic acids is 1. The predicted octanol–water partition coefficient (Wildman–Crippen LogP) is 2.05. The molecule has 9 nitrogen and oxygen atoms in total. The van der Waals surface area contributed by atoms with Crippen molar-refractivity contribution in [2.75, 3.05) is 25.1 Å². The Balaban J connectivity index is 1.71. The lowest BCUT2D eigenvalue weighted by atomic mass is 10.0. The summed E-state index contributed by atoms with van der Waals surface area (Å²) in [5.41, 5.74) is 1.54. The van der Waals surface area contributed by atoms with Crippen LogP contribution in [0.3, 0.4) is 0 Å². The third-order valence-corrected chi connectivity index (χ3v) is 5.30. The van der Waals surface area contributed by atoms with Crippen molar-refractivity contribution < 1.29 is 19.4 Å². The van der Waals surface area contributed by atoms with Gasteiger partial charge in [0.05, 0.1) is 23.4 Å². The van der Waals surface area contributed by atoms with E-state index >= 15 is 0 Å². The van der Waals surface area contributed by atoms with Gasteiger partial charge in [-0.15, -0.1) is 0 Å². The minimum atomic E-state index is -0.995. The van der Waals surface area contributed by atoms with E-state index in [0.29, 0.717) is 42.6 Å². The number of carbonyl (C=O) groups excluding carboxylic acids is 1. The number of pyridine rings is 1. The molecule has 2 atom stereocenters. The molecule has 0 bridgehead atoms. The Morgan fingerprint density at radius 3 is 2.79 bits per heavy atom. The molecule has 1 aliphatic heterocycles. The molecule has 0 unspecified atom stereocenters. The smallest absolute Gasteiger partial charge is 0.335 e. The van der Waals surface area contributed by atoms with E-state index in [2.05, 4.69) is 20.3 Å². The summed E-state index contributed by atoms with van der Waals surface area (Å²) >= 11 is 6.02. The van der Waals surface area contributed by atoms with Gasteiger partial charge in [-0.1, -0.05) is 18.5 Å². The number of halogens is 1. The third-order valence-electron chi connectivity index (χ3n) is 4.99. The van der Waals surface area contributed by atoms with Gasteiger partial charge in [0, 0.05) is 25.9 Å². The van der Waals surface area contributed by atoms with E-state index in [9.17, 15) is 14.7 Å². The summed E-state index contributed by atoms with van der Waals surface area (Å²) in [7, 11) is 1.58. The van der Waals surface area contributed by atoms with Crippen molar-refractivity contribution in [1.29, 1.82) is 0 Å². The maximum Gasteiger partial charge on any atom is 0.335 e. The van der Waals surface area contributed by atoms with Crippen molar-refractivity contribution in [3.05, 3.63) is 40.1 Å². The van der Waals surface area contributed by atoms with Crippen LogP contribution in [0, 0.1) is 6.92 Å². The average Bonchev–Trinajstić information content (AvgIpc) is 3.08. The van der Waals surface area contributed by atoms with Crippen molar-refractivity contribution >= 4 is 29.3 Å². The van der Waals surface area contributed by atoms with E-state index < -0.39 is 5.97 Å². The molecule has 10 heteroatoms. The van der Waals surface area contributed by atoms with Gasteiger partial charge in [0.25, 0.3) is 5.91 Å². The van der Waals surface area contributed by atoms with E-state index in [1.54, 1.807) is 20.1 Å². The van der Waals surface area contributed by atoms with Gasteiger partial charge in [0.15, 0.2) is 11.0 Å². The molecule has 0 aliphatic carbocycles. The number of amides is 1. The number of aromatic amines is 1. The highest BCUT2D eigenvalue weighted by Crippen LogP contribution is 2.22. The second-order valence-electron chi connectivity index (χ2n) is 6.96. The molecule has 0 aromatic carbocycles. The van der Waals surface area contributed by atoms with Crippen LogP contribution in [0.4, 0.5) is 5.82 Å². The van der Waals surface area contributed by atoms with E-state index in [-0.39, 0.29) is 29.4 Å². The zero-order valence-electron chi connectivity index (χ0n) is 16.5. The summed E-state index contributed by atoms with van der Waals surface area (Å²) in [6.45, 7) is 4.75. The number of anilines is 1. The summed E-state index contributed by atoms with van der Waals surface area (Å²) in [5.74, 6) is -0.574. The number of imidazole rings is 1. The quantitative estimate of drug-likeness (QED) is 0.652. The Morgan fingerprint density at radius 1 is 1.41 bits per heavy atom. The summed E-state index contributed by atoms with van der Waals surface area (Å²) < 4.78 is 5.59.